The van der Waals surface area contributed by atoms with Crippen molar-refractivity contribution in [2.24, 2.45) is 0 Å². The number of rotatable bonds is 0. The molecular weight excluding hydrogens is 164 g/mol. The van der Waals surface area contributed by atoms with E-state index in [4.69, 9.17) is 0 Å². The molecule has 1 heterocycles. The van der Waals surface area contributed by atoms with Crippen LogP contribution < -0.4 is 0 Å². The van der Waals surface area contributed by atoms with Crippen molar-refractivity contribution < 1.29 is 0 Å². The van der Waals surface area contributed by atoms with Gasteiger partial charge in [0.05, 0.1) is 0 Å². The Kier molecular flexibility index (Phi) is 1.67. The SMILES string of the molecule is CC1=C2CS(C)(C)C2(C)CCC1. The Morgan fingerprint density at radius 3 is 2.50 bits per heavy atom. The molecule has 1 heteroatoms. The fourth-order valence-corrected chi connectivity index (χ4v) is 5.74. The van der Waals surface area contributed by atoms with Crippen LogP contribution >= 0.6 is 10.0 Å². The largest absolute Gasteiger partial charge is 0.234 e. The van der Waals surface area contributed by atoms with E-state index < -0.39 is 0 Å². The Morgan fingerprint density at radius 1 is 1.33 bits per heavy atom. The fraction of sp³-hybridized carbons (Fsp3) is 0.818. The Labute approximate surface area is 77.7 Å². The van der Waals surface area contributed by atoms with Crippen LogP contribution in [0.3, 0.4) is 0 Å². The van der Waals surface area contributed by atoms with Crippen LogP contribution in [0.5, 0.6) is 0 Å². The molecule has 1 aliphatic heterocycles. The molecule has 2 aliphatic rings. The van der Waals surface area contributed by atoms with Gasteiger partial charge in [0.25, 0.3) is 0 Å². The van der Waals surface area contributed by atoms with Crippen molar-refractivity contribution in [2.45, 2.75) is 37.9 Å². The van der Waals surface area contributed by atoms with Crippen LogP contribution in [0.15, 0.2) is 11.1 Å². The van der Waals surface area contributed by atoms with E-state index in [1.54, 1.807) is 5.57 Å². The first-order valence-electron chi connectivity index (χ1n) is 4.87. The van der Waals surface area contributed by atoms with Gasteiger partial charge < -0.3 is 0 Å². The van der Waals surface area contributed by atoms with Gasteiger partial charge in [-0.05, 0) is 51.2 Å². The van der Waals surface area contributed by atoms with Gasteiger partial charge in [0.2, 0.25) is 0 Å². The van der Waals surface area contributed by atoms with E-state index in [0.29, 0.717) is 4.75 Å². The number of allylic oxidation sites excluding steroid dienone is 1. The van der Waals surface area contributed by atoms with Crippen molar-refractivity contribution in [3.05, 3.63) is 11.1 Å². The summed E-state index contributed by atoms with van der Waals surface area (Å²) in [6.45, 7) is 4.85. The summed E-state index contributed by atoms with van der Waals surface area (Å²) in [4.78, 5) is 0. The highest BCUT2D eigenvalue weighted by atomic mass is 32.3. The van der Waals surface area contributed by atoms with Crippen molar-refractivity contribution in [1.29, 1.82) is 0 Å². The van der Waals surface area contributed by atoms with Gasteiger partial charge in [-0.15, -0.1) is 0 Å². The molecule has 1 fully saturated rings. The lowest BCUT2D eigenvalue weighted by molar-refractivity contribution is 0.548. The molecule has 0 nitrogen and oxygen atoms in total. The second-order valence-corrected chi connectivity index (χ2v) is 9.29. The van der Waals surface area contributed by atoms with Gasteiger partial charge >= 0.3 is 0 Å². The quantitative estimate of drug-likeness (QED) is 0.507. The van der Waals surface area contributed by atoms with Crippen LogP contribution in [0.1, 0.15) is 33.1 Å². The molecule has 1 unspecified atom stereocenters. The highest BCUT2D eigenvalue weighted by molar-refractivity contribution is 8.35. The molecule has 0 bridgehead atoms. The first kappa shape index (κ1) is 8.68. The van der Waals surface area contributed by atoms with E-state index in [-0.39, 0.29) is 10.0 Å². The van der Waals surface area contributed by atoms with Gasteiger partial charge in [0.15, 0.2) is 0 Å². The summed E-state index contributed by atoms with van der Waals surface area (Å²) in [7, 11) is -0.273. The number of fused-ring (bicyclic) bond motifs is 1. The van der Waals surface area contributed by atoms with E-state index in [1.165, 1.54) is 25.0 Å². The molecule has 0 aromatic heterocycles. The van der Waals surface area contributed by atoms with Gasteiger partial charge in [-0.1, -0.05) is 5.57 Å². The predicted molar refractivity (Wildman–Crippen MR) is 59.3 cm³/mol. The molecule has 0 aromatic rings. The topological polar surface area (TPSA) is 0 Å². The average molecular weight is 184 g/mol. The third-order valence-corrected chi connectivity index (χ3v) is 7.98. The lowest BCUT2D eigenvalue weighted by Gasteiger charge is -2.63. The minimum atomic E-state index is -0.273. The standard InChI is InChI=1S/C11H20S/c1-9-6-5-7-11(2)10(9)8-12(11,3)4/h5-8H2,1-4H3. The molecule has 0 spiro atoms. The van der Waals surface area contributed by atoms with Gasteiger partial charge in [0.1, 0.15) is 0 Å². The first-order valence-corrected chi connectivity index (χ1v) is 7.49. The molecule has 0 radical (unpaired) electrons. The normalized spacial score (nSPS) is 41.7. The van der Waals surface area contributed by atoms with Crippen molar-refractivity contribution in [2.75, 3.05) is 18.3 Å². The average Bonchev–Trinajstić information content (AvgIpc) is 1.98. The molecular formula is C11H20S. The van der Waals surface area contributed by atoms with Crippen LogP contribution in [0.25, 0.3) is 0 Å². The maximum absolute atomic E-state index is 2.51. The Morgan fingerprint density at radius 2 is 2.00 bits per heavy atom. The molecule has 70 valence electrons. The number of hydrogen-bond acceptors (Lipinski definition) is 0. The van der Waals surface area contributed by atoms with Gasteiger partial charge in [0, 0.05) is 10.5 Å². The molecule has 2 rings (SSSR count). The Hall–Kier alpha value is 0.0900. The summed E-state index contributed by atoms with van der Waals surface area (Å²) >= 11 is 0. The van der Waals surface area contributed by atoms with Gasteiger partial charge in [-0.25, -0.2) is 10.0 Å². The van der Waals surface area contributed by atoms with Crippen molar-refractivity contribution in [3.8, 4) is 0 Å². The van der Waals surface area contributed by atoms with Gasteiger partial charge in [-0.3, -0.25) is 0 Å². The summed E-state index contributed by atoms with van der Waals surface area (Å²) in [5.41, 5.74) is 3.55. The predicted octanol–water partition coefficient (Wildman–Crippen LogP) is 3.32. The Balaban J connectivity index is 2.39. The van der Waals surface area contributed by atoms with Crippen LogP contribution in [-0.4, -0.2) is 23.0 Å². The molecule has 1 aliphatic carbocycles. The molecule has 1 saturated heterocycles. The van der Waals surface area contributed by atoms with Crippen molar-refractivity contribution >= 4 is 10.0 Å². The summed E-state index contributed by atoms with van der Waals surface area (Å²) in [5.74, 6) is 1.44. The minimum absolute atomic E-state index is 0.273. The monoisotopic (exact) mass is 184 g/mol. The fourth-order valence-electron chi connectivity index (χ4n) is 2.77. The van der Waals surface area contributed by atoms with Crippen molar-refractivity contribution in [1.82, 2.24) is 0 Å². The third kappa shape index (κ3) is 0.863. The van der Waals surface area contributed by atoms with E-state index >= 15 is 0 Å². The lowest BCUT2D eigenvalue weighted by atomic mass is 9.83. The Bertz CT molecular complexity index is 250. The lowest BCUT2D eigenvalue weighted by Crippen LogP contribution is -2.48. The second-order valence-electron chi connectivity index (χ2n) is 5.03. The zero-order chi connectivity index (χ0) is 8.98. The highest BCUT2D eigenvalue weighted by Gasteiger charge is 2.51. The van der Waals surface area contributed by atoms with E-state index in [9.17, 15) is 0 Å². The minimum Gasteiger partial charge on any atom is -0.234 e. The van der Waals surface area contributed by atoms with E-state index in [1.807, 2.05) is 5.57 Å². The molecule has 0 aromatic carbocycles. The highest BCUT2D eigenvalue weighted by Crippen LogP contribution is 2.71. The van der Waals surface area contributed by atoms with Crippen LogP contribution in [0, 0.1) is 0 Å². The maximum Gasteiger partial charge on any atom is 0.0192 e. The summed E-state index contributed by atoms with van der Waals surface area (Å²) in [6, 6.07) is 0. The van der Waals surface area contributed by atoms with Gasteiger partial charge in [-0.2, -0.15) is 0 Å². The molecule has 0 amide bonds. The molecule has 0 saturated carbocycles. The van der Waals surface area contributed by atoms with Crippen LogP contribution in [0.2, 0.25) is 0 Å². The summed E-state index contributed by atoms with van der Waals surface area (Å²) < 4.78 is 0.648. The maximum atomic E-state index is 2.51. The smallest absolute Gasteiger partial charge is 0.0192 e. The molecule has 0 N–H and O–H groups in total. The first-order chi connectivity index (χ1) is 5.47. The van der Waals surface area contributed by atoms with E-state index in [0.717, 1.165) is 0 Å². The van der Waals surface area contributed by atoms with E-state index in [2.05, 4.69) is 26.4 Å². The van der Waals surface area contributed by atoms with Crippen molar-refractivity contribution in [3.63, 3.8) is 0 Å². The summed E-state index contributed by atoms with van der Waals surface area (Å²) in [6.07, 6.45) is 9.29. The zero-order valence-electron chi connectivity index (χ0n) is 8.74. The molecule has 12 heavy (non-hydrogen) atoms. The second kappa shape index (κ2) is 2.31. The van der Waals surface area contributed by atoms with Crippen LogP contribution in [-0.2, 0) is 0 Å². The molecule has 1 atom stereocenters. The van der Waals surface area contributed by atoms with Crippen LogP contribution in [0.4, 0.5) is 0 Å². The summed E-state index contributed by atoms with van der Waals surface area (Å²) in [5, 5.41) is 0. The zero-order valence-corrected chi connectivity index (χ0v) is 9.55. The number of hydrogen-bond donors (Lipinski definition) is 0. The third-order valence-electron chi connectivity index (χ3n) is 4.08.